The van der Waals surface area contributed by atoms with Crippen molar-refractivity contribution >= 4 is 5.69 Å². The number of para-hydroxylation sites is 2. The Morgan fingerprint density at radius 3 is 2.71 bits per heavy atom. The lowest BCUT2D eigenvalue weighted by molar-refractivity contribution is -0.135. The lowest BCUT2D eigenvalue weighted by atomic mass is 10.1. The van der Waals surface area contributed by atoms with Crippen LogP contribution in [0.1, 0.15) is 26.2 Å². The molecule has 2 rings (SSSR count). The van der Waals surface area contributed by atoms with Crippen molar-refractivity contribution in [1.29, 1.82) is 0 Å². The minimum absolute atomic E-state index is 0.0305. The van der Waals surface area contributed by atoms with Crippen molar-refractivity contribution in [3.63, 3.8) is 0 Å². The summed E-state index contributed by atoms with van der Waals surface area (Å²) in [7, 11) is 0. The summed E-state index contributed by atoms with van der Waals surface area (Å²) >= 11 is 0. The average molecular weight is 297 g/mol. The molecule has 1 N–H and O–H groups in total. The van der Waals surface area contributed by atoms with E-state index in [9.17, 15) is 13.2 Å². The molecule has 1 heterocycles. The molecule has 1 atom stereocenters. The van der Waals surface area contributed by atoms with Crippen molar-refractivity contribution in [1.82, 2.24) is 9.55 Å². The number of nitrogens with zero attached hydrogens (tertiary/aromatic N) is 2. The zero-order chi connectivity index (χ0) is 15.3. The average Bonchev–Trinajstić information content (AvgIpc) is 2.91. The second-order valence-electron chi connectivity index (χ2n) is 5.04. The van der Waals surface area contributed by atoms with Gasteiger partial charge in [0.05, 0.1) is 17.7 Å². The molecule has 0 bridgehead atoms. The number of benzene rings is 1. The fourth-order valence-electron chi connectivity index (χ4n) is 2.17. The number of alkyl halides is 3. The smallest absolute Gasteiger partial charge is 0.381 e. The highest BCUT2D eigenvalue weighted by molar-refractivity contribution is 5.61. The first-order chi connectivity index (χ1) is 9.96. The molecule has 0 radical (unpaired) electrons. The fourth-order valence-corrected chi connectivity index (χ4v) is 2.17. The van der Waals surface area contributed by atoms with Crippen LogP contribution in [-0.4, -0.2) is 21.8 Å². The van der Waals surface area contributed by atoms with E-state index >= 15 is 0 Å². The third-order valence-corrected chi connectivity index (χ3v) is 3.19. The number of hydrogen-bond donors (Lipinski definition) is 1. The summed E-state index contributed by atoms with van der Waals surface area (Å²) < 4.78 is 38.3. The molecule has 1 aromatic carbocycles. The zero-order valence-corrected chi connectivity index (χ0v) is 11.8. The van der Waals surface area contributed by atoms with Gasteiger partial charge in [0.1, 0.15) is 0 Å². The van der Waals surface area contributed by atoms with E-state index in [4.69, 9.17) is 0 Å². The van der Waals surface area contributed by atoms with Crippen LogP contribution in [0, 0.1) is 0 Å². The van der Waals surface area contributed by atoms with Crippen molar-refractivity contribution < 1.29 is 13.2 Å². The zero-order valence-electron chi connectivity index (χ0n) is 11.8. The van der Waals surface area contributed by atoms with Crippen LogP contribution >= 0.6 is 0 Å². The first-order valence-electron chi connectivity index (χ1n) is 6.86. The molecule has 2 aromatic rings. The predicted octanol–water partition coefficient (Wildman–Crippen LogP) is 4.41. The Balaban J connectivity index is 1.97. The van der Waals surface area contributed by atoms with Gasteiger partial charge in [-0.15, -0.1) is 0 Å². The molecule has 0 aliphatic heterocycles. The maximum absolute atomic E-state index is 12.2. The maximum Gasteiger partial charge on any atom is 0.389 e. The molecule has 0 aliphatic carbocycles. The van der Waals surface area contributed by atoms with Gasteiger partial charge in [-0.25, -0.2) is 4.98 Å². The van der Waals surface area contributed by atoms with E-state index in [0.29, 0.717) is 6.42 Å². The van der Waals surface area contributed by atoms with Crippen LogP contribution in [0.2, 0.25) is 0 Å². The van der Waals surface area contributed by atoms with Gasteiger partial charge in [-0.05, 0) is 31.9 Å². The topological polar surface area (TPSA) is 29.9 Å². The van der Waals surface area contributed by atoms with E-state index in [1.807, 2.05) is 42.0 Å². The number of anilines is 1. The summed E-state index contributed by atoms with van der Waals surface area (Å²) in [6.07, 6.45) is 0.993. The Labute approximate surface area is 121 Å². The minimum atomic E-state index is -4.07. The lowest BCUT2D eigenvalue weighted by Gasteiger charge is -2.18. The highest BCUT2D eigenvalue weighted by Crippen LogP contribution is 2.24. The molecule has 0 amide bonds. The predicted molar refractivity (Wildman–Crippen MR) is 76.6 cm³/mol. The highest BCUT2D eigenvalue weighted by atomic mass is 19.4. The molecule has 0 spiro atoms. The van der Waals surface area contributed by atoms with Crippen molar-refractivity contribution in [2.45, 2.75) is 38.4 Å². The second kappa shape index (κ2) is 6.65. The van der Waals surface area contributed by atoms with E-state index in [-0.39, 0.29) is 12.5 Å². The van der Waals surface area contributed by atoms with Gasteiger partial charge < -0.3 is 9.88 Å². The van der Waals surface area contributed by atoms with E-state index in [2.05, 4.69) is 10.3 Å². The monoisotopic (exact) mass is 297 g/mol. The number of nitrogens with one attached hydrogen (secondary N) is 1. The molecule has 0 saturated heterocycles. The second-order valence-corrected chi connectivity index (χ2v) is 5.04. The van der Waals surface area contributed by atoms with Gasteiger partial charge in [-0.3, -0.25) is 0 Å². The molecule has 6 heteroatoms. The van der Waals surface area contributed by atoms with Gasteiger partial charge >= 0.3 is 6.18 Å². The maximum atomic E-state index is 12.2. The molecule has 0 saturated carbocycles. The Kier molecular flexibility index (Phi) is 4.88. The number of rotatable bonds is 6. The first-order valence-corrected chi connectivity index (χ1v) is 6.86. The standard InChI is InChI=1S/C15H18F3N3/c1-12(5-4-8-15(16,17)18)20-13-6-2-3-7-14(13)21-10-9-19-11-21/h2-3,6-7,9-12,20H,4-5,8H2,1H3. The molecule has 114 valence electrons. The minimum Gasteiger partial charge on any atom is -0.381 e. The normalized spacial score (nSPS) is 13.1. The SMILES string of the molecule is CC(CCCC(F)(F)F)Nc1ccccc1-n1ccnc1. The molecule has 3 nitrogen and oxygen atoms in total. The molecule has 1 unspecified atom stereocenters. The van der Waals surface area contributed by atoms with Crippen molar-refractivity contribution in [3.8, 4) is 5.69 Å². The van der Waals surface area contributed by atoms with E-state index < -0.39 is 12.6 Å². The number of halogens is 3. The van der Waals surface area contributed by atoms with E-state index in [0.717, 1.165) is 11.4 Å². The summed E-state index contributed by atoms with van der Waals surface area (Å²) in [4.78, 5) is 4.01. The van der Waals surface area contributed by atoms with Crippen LogP contribution < -0.4 is 5.32 Å². The Morgan fingerprint density at radius 2 is 2.05 bits per heavy atom. The molecule has 0 aliphatic rings. The van der Waals surface area contributed by atoms with Crippen LogP contribution in [-0.2, 0) is 0 Å². The third kappa shape index (κ3) is 4.81. The van der Waals surface area contributed by atoms with Crippen LogP contribution in [0.3, 0.4) is 0 Å². The first kappa shape index (κ1) is 15.4. The van der Waals surface area contributed by atoms with Crippen molar-refractivity contribution in [2.75, 3.05) is 5.32 Å². The Hall–Kier alpha value is -1.98. The van der Waals surface area contributed by atoms with Gasteiger partial charge in [-0.1, -0.05) is 12.1 Å². The van der Waals surface area contributed by atoms with E-state index in [1.54, 1.807) is 12.5 Å². The van der Waals surface area contributed by atoms with Crippen LogP contribution in [0.4, 0.5) is 18.9 Å². The van der Waals surface area contributed by atoms with Gasteiger partial charge in [-0.2, -0.15) is 13.2 Å². The number of hydrogen-bond acceptors (Lipinski definition) is 2. The molecule has 21 heavy (non-hydrogen) atoms. The lowest BCUT2D eigenvalue weighted by Crippen LogP contribution is -2.17. The largest absolute Gasteiger partial charge is 0.389 e. The van der Waals surface area contributed by atoms with Crippen LogP contribution in [0.5, 0.6) is 0 Å². The summed E-state index contributed by atoms with van der Waals surface area (Å²) in [5.74, 6) is 0. The van der Waals surface area contributed by atoms with Crippen molar-refractivity contribution in [3.05, 3.63) is 43.0 Å². The summed E-state index contributed by atoms with van der Waals surface area (Å²) in [6.45, 7) is 1.89. The van der Waals surface area contributed by atoms with Crippen molar-refractivity contribution in [2.24, 2.45) is 0 Å². The van der Waals surface area contributed by atoms with E-state index in [1.165, 1.54) is 0 Å². The van der Waals surface area contributed by atoms with Crippen LogP contribution in [0.25, 0.3) is 5.69 Å². The third-order valence-electron chi connectivity index (χ3n) is 3.19. The number of imidazole rings is 1. The Bertz CT molecular complexity index is 550. The van der Waals surface area contributed by atoms with Gasteiger partial charge in [0.25, 0.3) is 0 Å². The fraction of sp³-hybridized carbons (Fsp3) is 0.400. The molecular formula is C15H18F3N3. The molecule has 1 aromatic heterocycles. The quantitative estimate of drug-likeness (QED) is 0.856. The number of aromatic nitrogens is 2. The molecule has 0 fully saturated rings. The summed E-state index contributed by atoms with van der Waals surface area (Å²) in [5.41, 5.74) is 1.81. The summed E-state index contributed by atoms with van der Waals surface area (Å²) in [5, 5.41) is 3.27. The van der Waals surface area contributed by atoms with Gasteiger partial charge in [0.15, 0.2) is 0 Å². The van der Waals surface area contributed by atoms with Gasteiger partial charge in [0, 0.05) is 24.9 Å². The summed E-state index contributed by atoms with van der Waals surface area (Å²) in [6, 6.07) is 7.62. The Morgan fingerprint density at radius 1 is 1.29 bits per heavy atom. The van der Waals surface area contributed by atoms with Crippen LogP contribution in [0.15, 0.2) is 43.0 Å². The molecular weight excluding hydrogens is 279 g/mol. The van der Waals surface area contributed by atoms with Gasteiger partial charge in [0.2, 0.25) is 0 Å². The highest BCUT2D eigenvalue weighted by Gasteiger charge is 2.26.